The Morgan fingerprint density at radius 3 is 2.93 bits per heavy atom. The van der Waals surface area contributed by atoms with E-state index >= 15 is 0 Å². The van der Waals surface area contributed by atoms with Gasteiger partial charge in [0, 0.05) is 19.0 Å². The number of carbonyl (C=O) groups excluding carboxylic acids is 1. The molecule has 1 aliphatic heterocycles. The number of carbonyl (C=O) groups is 1. The van der Waals surface area contributed by atoms with Crippen molar-refractivity contribution in [3.8, 4) is 0 Å². The molecule has 0 aromatic rings. The highest BCUT2D eigenvalue weighted by Crippen LogP contribution is 2.06. The smallest absolute Gasteiger partial charge is 0.220 e. The molecule has 1 heterocycles. The summed E-state index contributed by atoms with van der Waals surface area (Å²) < 4.78 is 0. The van der Waals surface area contributed by atoms with Crippen molar-refractivity contribution in [3.63, 3.8) is 0 Å². The lowest BCUT2D eigenvalue weighted by Crippen LogP contribution is -2.42. The highest BCUT2D eigenvalue weighted by atomic mass is 16.1. The Labute approximate surface area is 84.1 Å². The van der Waals surface area contributed by atoms with Gasteiger partial charge in [-0.05, 0) is 20.3 Å². The van der Waals surface area contributed by atoms with Crippen molar-refractivity contribution in [2.75, 3.05) is 6.54 Å². The molecule has 0 radical (unpaired) electrons. The maximum absolute atomic E-state index is 10.9. The van der Waals surface area contributed by atoms with Crippen LogP contribution in [0, 0.1) is 0 Å². The summed E-state index contributed by atoms with van der Waals surface area (Å²) in [6.07, 6.45) is 1.33. The summed E-state index contributed by atoms with van der Waals surface area (Å²) >= 11 is 0. The maximum atomic E-state index is 10.9. The van der Waals surface area contributed by atoms with Crippen LogP contribution in [-0.2, 0) is 4.79 Å². The summed E-state index contributed by atoms with van der Waals surface area (Å²) in [5.41, 5.74) is 5.67. The van der Waals surface area contributed by atoms with Gasteiger partial charge in [0.05, 0.1) is 6.04 Å². The fourth-order valence-corrected chi connectivity index (χ4v) is 1.36. The van der Waals surface area contributed by atoms with Crippen molar-refractivity contribution in [1.82, 2.24) is 10.6 Å². The number of rotatable bonds is 2. The monoisotopic (exact) mass is 198 g/mol. The van der Waals surface area contributed by atoms with Gasteiger partial charge in [0.15, 0.2) is 5.96 Å². The highest BCUT2D eigenvalue weighted by Gasteiger charge is 2.17. The van der Waals surface area contributed by atoms with Crippen LogP contribution in [0.2, 0.25) is 0 Å². The summed E-state index contributed by atoms with van der Waals surface area (Å²) in [6, 6.07) is 0.413. The van der Waals surface area contributed by atoms with E-state index in [2.05, 4.69) is 15.6 Å². The van der Waals surface area contributed by atoms with E-state index in [0.717, 1.165) is 6.42 Å². The van der Waals surface area contributed by atoms with Crippen LogP contribution >= 0.6 is 0 Å². The maximum Gasteiger partial charge on any atom is 0.220 e. The van der Waals surface area contributed by atoms with Crippen LogP contribution in [0.4, 0.5) is 0 Å². The lowest BCUT2D eigenvalue weighted by atomic mass is 10.1. The van der Waals surface area contributed by atoms with Gasteiger partial charge in [-0.1, -0.05) is 0 Å². The first-order valence-electron chi connectivity index (χ1n) is 4.94. The summed E-state index contributed by atoms with van der Waals surface area (Å²) in [7, 11) is 0. The van der Waals surface area contributed by atoms with E-state index in [4.69, 9.17) is 5.73 Å². The number of nitrogens with one attached hydrogen (secondary N) is 2. The standard InChI is InChI=1S/C9H18N4O/c1-6(2)12-9(10)13-7-3-4-8(14)11-5-7/h6-7H,3-5H2,1-2H3,(H,11,14)(H3,10,12,13). The third-order valence-corrected chi connectivity index (χ3v) is 2.00. The van der Waals surface area contributed by atoms with Gasteiger partial charge in [-0.15, -0.1) is 0 Å². The molecule has 80 valence electrons. The van der Waals surface area contributed by atoms with Crippen LogP contribution in [0.3, 0.4) is 0 Å². The van der Waals surface area contributed by atoms with Gasteiger partial charge in [-0.2, -0.15) is 0 Å². The largest absolute Gasteiger partial charge is 0.370 e. The number of nitrogens with zero attached hydrogens (tertiary/aromatic N) is 1. The molecule has 1 rings (SSSR count). The molecule has 1 aliphatic rings. The second-order valence-corrected chi connectivity index (χ2v) is 3.81. The minimum atomic E-state index is 0.104. The first-order chi connectivity index (χ1) is 6.58. The summed E-state index contributed by atoms with van der Waals surface area (Å²) in [4.78, 5) is 15.1. The first kappa shape index (κ1) is 10.8. The van der Waals surface area contributed by atoms with Crippen LogP contribution in [0.25, 0.3) is 0 Å². The summed E-state index contributed by atoms with van der Waals surface area (Å²) in [5.74, 6) is 0.563. The number of amides is 1. The van der Waals surface area contributed by atoms with Crippen LogP contribution < -0.4 is 16.4 Å². The quantitative estimate of drug-likeness (QED) is 0.416. The zero-order valence-corrected chi connectivity index (χ0v) is 8.71. The average Bonchev–Trinajstić information content (AvgIpc) is 2.07. The van der Waals surface area contributed by atoms with E-state index in [0.29, 0.717) is 18.9 Å². The van der Waals surface area contributed by atoms with E-state index < -0.39 is 0 Å². The molecule has 1 amide bonds. The molecule has 1 fully saturated rings. The third-order valence-electron chi connectivity index (χ3n) is 2.00. The number of nitrogens with two attached hydrogens (primary N) is 1. The Bertz CT molecular complexity index is 227. The van der Waals surface area contributed by atoms with Crippen LogP contribution in [-0.4, -0.2) is 30.5 Å². The lowest BCUT2D eigenvalue weighted by Gasteiger charge is -2.20. The van der Waals surface area contributed by atoms with Crippen molar-refractivity contribution < 1.29 is 4.79 Å². The summed E-state index contributed by atoms with van der Waals surface area (Å²) in [6.45, 7) is 4.61. The molecule has 14 heavy (non-hydrogen) atoms. The van der Waals surface area contributed by atoms with Gasteiger partial charge in [0.1, 0.15) is 0 Å². The van der Waals surface area contributed by atoms with Crippen LogP contribution in [0.1, 0.15) is 26.7 Å². The molecule has 0 saturated carbocycles. The Morgan fingerprint density at radius 2 is 2.43 bits per heavy atom. The molecule has 4 N–H and O–H groups in total. The fraction of sp³-hybridized carbons (Fsp3) is 0.778. The van der Waals surface area contributed by atoms with Crippen LogP contribution in [0.15, 0.2) is 4.99 Å². The molecule has 5 heteroatoms. The number of hydrogen-bond acceptors (Lipinski definition) is 2. The molecule has 0 aromatic heterocycles. The van der Waals surface area contributed by atoms with E-state index in [1.807, 2.05) is 13.8 Å². The Hall–Kier alpha value is -1.26. The van der Waals surface area contributed by atoms with E-state index in [1.54, 1.807) is 0 Å². The molecule has 1 unspecified atom stereocenters. The van der Waals surface area contributed by atoms with E-state index in [-0.39, 0.29) is 18.0 Å². The molecule has 0 aromatic carbocycles. The Morgan fingerprint density at radius 1 is 1.71 bits per heavy atom. The molecule has 0 aliphatic carbocycles. The molecular formula is C9H18N4O. The number of guanidine groups is 1. The summed E-state index contributed by atoms with van der Waals surface area (Å²) in [5, 5.41) is 5.78. The van der Waals surface area contributed by atoms with Gasteiger partial charge in [-0.25, -0.2) is 4.99 Å². The number of aliphatic imine (C=N–C) groups is 1. The SMILES string of the molecule is CC(C)NC(N)=NC1CCC(=O)NC1. The van der Waals surface area contributed by atoms with Gasteiger partial charge >= 0.3 is 0 Å². The minimum absolute atomic E-state index is 0.104. The third kappa shape index (κ3) is 3.64. The second-order valence-electron chi connectivity index (χ2n) is 3.81. The van der Waals surface area contributed by atoms with Gasteiger partial charge in [0.2, 0.25) is 5.91 Å². The highest BCUT2D eigenvalue weighted by molar-refractivity contribution is 5.79. The van der Waals surface area contributed by atoms with Crippen molar-refractivity contribution in [3.05, 3.63) is 0 Å². The van der Waals surface area contributed by atoms with Crippen LogP contribution in [0.5, 0.6) is 0 Å². The minimum Gasteiger partial charge on any atom is -0.370 e. The van der Waals surface area contributed by atoms with Gasteiger partial charge in [0.25, 0.3) is 0 Å². The molecule has 0 bridgehead atoms. The van der Waals surface area contributed by atoms with Crippen molar-refractivity contribution in [1.29, 1.82) is 0 Å². The second kappa shape index (κ2) is 4.83. The Balaban J connectivity index is 2.38. The van der Waals surface area contributed by atoms with Crippen molar-refractivity contribution in [2.45, 2.75) is 38.8 Å². The molecule has 0 spiro atoms. The zero-order chi connectivity index (χ0) is 10.6. The van der Waals surface area contributed by atoms with Crippen molar-refractivity contribution in [2.24, 2.45) is 10.7 Å². The van der Waals surface area contributed by atoms with Gasteiger partial charge in [-0.3, -0.25) is 4.79 Å². The van der Waals surface area contributed by atoms with Gasteiger partial charge < -0.3 is 16.4 Å². The van der Waals surface area contributed by atoms with E-state index in [1.165, 1.54) is 0 Å². The number of piperidine rings is 1. The Kier molecular flexibility index (Phi) is 3.73. The lowest BCUT2D eigenvalue weighted by molar-refractivity contribution is -0.122. The normalized spacial score (nSPS) is 23.5. The molecule has 5 nitrogen and oxygen atoms in total. The number of hydrogen-bond donors (Lipinski definition) is 3. The molecular weight excluding hydrogens is 180 g/mol. The zero-order valence-electron chi connectivity index (χ0n) is 8.71. The molecule has 1 atom stereocenters. The fourth-order valence-electron chi connectivity index (χ4n) is 1.36. The predicted octanol–water partition coefficient (Wildman–Crippen LogP) is -0.422. The first-order valence-corrected chi connectivity index (χ1v) is 4.94. The van der Waals surface area contributed by atoms with E-state index in [9.17, 15) is 4.79 Å². The molecule has 1 saturated heterocycles. The van der Waals surface area contributed by atoms with Crippen molar-refractivity contribution >= 4 is 11.9 Å². The topological polar surface area (TPSA) is 79.5 Å². The average molecular weight is 198 g/mol. The predicted molar refractivity (Wildman–Crippen MR) is 55.9 cm³/mol.